The third-order valence-corrected chi connectivity index (χ3v) is 3.48. The Morgan fingerprint density at radius 1 is 1.67 bits per heavy atom. The third kappa shape index (κ3) is 4.83. The normalized spacial score (nSPS) is 13.2. The second-order valence-electron chi connectivity index (χ2n) is 5.03. The van der Waals surface area contributed by atoms with E-state index in [4.69, 9.17) is 0 Å². The van der Waals surface area contributed by atoms with E-state index in [1.54, 1.807) is 11.7 Å². The van der Waals surface area contributed by atoms with Crippen LogP contribution in [0.25, 0.3) is 0 Å². The standard InChI is InChI=1S/C11H19N3O2S2/c1-11(2,3)13-10(16)14(17)8(6-15)4-9-5-12-7-18-9/h5,7-8,15,17H,4,6H2,1-3H3,(H,13,16)/t8-/m1/s1. The number of urea groups is 1. The number of thiazole rings is 1. The van der Waals surface area contributed by atoms with Crippen LogP contribution in [-0.2, 0) is 6.42 Å². The first-order chi connectivity index (χ1) is 8.33. The number of nitrogens with one attached hydrogen (secondary N) is 1. The van der Waals surface area contributed by atoms with E-state index in [2.05, 4.69) is 23.1 Å². The fraction of sp³-hybridized carbons (Fsp3) is 0.636. The van der Waals surface area contributed by atoms with Crippen LogP contribution < -0.4 is 5.32 Å². The maximum absolute atomic E-state index is 11.9. The van der Waals surface area contributed by atoms with E-state index < -0.39 is 0 Å². The van der Waals surface area contributed by atoms with Crippen LogP contribution in [0.2, 0.25) is 0 Å². The van der Waals surface area contributed by atoms with Gasteiger partial charge in [-0.3, -0.25) is 9.29 Å². The van der Waals surface area contributed by atoms with Crippen LogP contribution in [0.1, 0.15) is 25.6 Å². The van der Waals surface area contributed by atoms with Gasteiger partial charge in [0.25, 0.3) is 0 Å². The zero-order valence-corrected chi connectivity index (χ0v) is 12.5. The molecule has 0 aliphatic heterocycles. The lowest BCUT2D eigenvalue weighted by atomic mass is 10.1. The van der Waals surface area contributed by atoms with Gasteiger partial charge in [0.15, 0.2) is 0 Å². The highest BCUT2D eigenvalue weighted by atomic mass is 32.1. The minimum atomic E-state index is -0.365. The highest BCUT2D eigenvalue weighted by Crippen LogP contribution is 2.15. The molecular formula is C11H19N3O2S2. The van der Waals surface area contributed by atoms with Gasteiger partial charge in [-0.25, -0.2) is 4.79 Å². The van der Waals surface area contributed by atoms with Crippen molar-refractivity contribution >= 4 is 30.2 Å². The van der Waals surface area contributed by atoms with Crippen LogP contribution in [0.5, 0.6) is 0 Å². The monoisotopic (exact) mass is 289 g/mol. The summed E-state index contributed by atoms with van der Waals surface area (Å²) in [4.78, 5) is 16.9. The molecule has 0 bridgehead atoms. The Morgan fingerprint density at radius 2 is 2.33 bits per heavy atom. The lowest BCUT2D eigenvalue weighted by Crippen LogP contribution is -2.49. The van der Waals surface area contributed by atoms with E-state index in [-0.39, 0.29) is 24.2 Å². The number of rotatable bonds is 4. The van der Waals surface area contributed by atoms with E-state index in [1.807, 2.05) is 20.8 Å². The van der Waals surface area contributed by atoms with Crippen molar-refractivity contribution in [3.63, 3.8) is 0 Å². The topological polar surface area (TPSA) is 65.5 Å². The number of carbonyl (C=O) groups excluding carboxylic acids is 1. The van der Waals surface area contributed by atoms with Gasteiger partial charge in [-0.05, 0) is 20.8 Å². The summed E-state index contributed by atoms with van der Waals surface area (Å²) in [5, 5.41) is 12.2. The SMILES string of the molecule is CC(C)(C)NC(=O)N(S)[C@@H](CO)Cc1cncs1. The molecule has 0 aromatic carbocycles. The summed E-state index contributed by atoms with van der Waals surface area (Å²) in [5.41, 5.74) is 1.39. The van der Waals surface area contributed by atoms with Crippen LogP contribution in [-0.4, -0.2) is 38.6 Å². The predicted octanol–water partition coefficient (Wildman–Crippen LogP) is 1.70. The average Bonchev–Trinajstić information content (AvgIpc) is 2.75. The fourth-order valence-electron chi connectivity index (χ4n) is 1.35. The maximum atomic E-state index is 11.9. The molecule has 18 heavy (non-hydrogen) atoms. The van der Waals surface area contributed by atoms with Gasteiger partial charge in [0, 0.05) is 23.0 Å². The predicted molar refractivity (Wildman–Crippen MR) is 75.8 cm³/mol. The molecule has 1 heterocycles. The van der Waals surface area contributed by atoms with Gasteiger partial charge in [-0.2, -0.15) is 0 Å². The van der Waals surface area contributed by atoms with Gasteiger partial charge < -0.3 is 10.4 Å². The second-order valence-corrected chi connectivity index (χ2v) is 6.43. The van der Waals surface area contributed by atoms with Gasteiger partial charge in [-0.15, -0.1) is 11.3 Å². The summed E-state index contributed by atoms with van der Waals surface area (Å²) in [6.45, 7) is 5.54. The van der Waals surface area contributed by atoms with E-state index in [9.17, 15) is 9.90 Å². The Labute approximate surface area is 117 Å². The van der Waals surface area contributed by atoms with Crippen molar-refractivity contribution < 1.29 is 9.90 Å². The van der Waals surface area contributed by atoms with Crippen LogP contribution >= 0.6 is 24.2 Å². The van der Waals surface area contributed by atoms with Crippen molar-refractivity contribution in [3.05, 3.63) is 16.6 Å². The van der Waals surface area contributed by atoms with Crippen LogP contribution in [0, 0.1) is 0 Å². The molecule has 1 aromatic heterocycles. The Hall–Kier alpha value is -0.790. The Balaban J connectivity index is 2.61. The second kappa shape index (κ2) is 6.40. The van der Waals surface area contributed by atoms with Gasteiger partial charge in [0.1, 0.15) is 0 Å². The Bertz CT molecular complexity index is 376. The molecule has 0 radical (unpaired) electrons. The van der Waals surface area contributed by atoms with Crippen LogP contribution in [0.4, 0.5) is 4.79 Å². The molecule has 0 aliphatic rings. The number of hydrogen-bond donors (Lipinski definition) is 3. The van der Waals surface area contributed by atoms with E-state index in [1.165, 1.54) is 15.6 Å². The van der Waals surface area contributed by atoms with Crippen molar-refractivity contribution in [2.24, 2.45) is 0 Å². The lowest BCUT2D eigenvalue weighted by molar-refractivity contribution is 0.177. The molecule has 1 atom stereocenters. The third-order valence-electron chi connectivity index (χ3n) is 2.17. The zero-order valence-electron chi connectivity index (χ0n) is 10.8. The van der Waals surface area contributed by atoms with Crippen molar-refractivity contribution in [1.29, 1.82) is 0 Å². The maximum Gasteiger partial charge on any atom is 0.327 e. The molecule has 0 saturated carbocycles. The summed E-state index contributed by atoms with van der Waals surface area (Å²) < 4.78 is 1.24. The van der Waals surface area contributed by atoms with Crippen molar-refractivity contribution in [2.75, 3.05) is 6.61 Å². The first-order valence-corrected chi connectivity index (χ1v) is 6.90. The lowest BCUT2D eigenvalue weighted by Gasteiger charge is -2.29. The van der Waals surface area contributed by atoms with Crippen molar-refractivity contribution in [2.45, 2.75) is 38.8 Å². The van der Waals surface area contributed by atoms with Crippen molar-refractivity contribution in [3.8, 4) is 0 Å². The molecule has 102 valence electrons. The van der Waals surface area contributed by atoms with E-state index in [0.717, 1.165) is 4.88 Å². The highest BCUT2D eigenvalue weighted by Gasteiger charge is 2.24. The Morgan fingerprint density at radius 3 is 2.78 bits per heavy atom. The molecule has 1 rings (SSSR count). The van der Waals surface area contributed by atoms with Gasteiger partial charge >= 0.3 is 6.03 Å². The summed E-state index contributed by atoms with van der Waals surface area (Å²) in [6.07, 6.45) is 2.28. The van der Waals surface area contributed by atoms with E-state index in [0.29, 0.717) is 6.42 Å². The van der Waals surface area contributed by atoms with Crippen LogP contribution in [0.3, 0.4) is 0 Å². The first kappa shape index (κ1) is 15.3. The summed E-state index contributed by atoms with van der Waals surface area (Å²) >= 11 is 5.66. The molecule has 0 unspecified atom stereocenters. The molecular weight excluding hydrogens is 270 g/mol. The molecule has 1 aromatic rings. The molecule has 2 N–H and O–H groups in total. The highest BCUT2D eigenvalue weighted by molar-refractivity contribution is 7.78. The summed E-state index contributed by atoms with van der Waals surface area (Å²) in [6, 6.07) is -0.675. The molecule has 2 amide bonds. The average molecular weight is 289 g/mol. The first-order valence-electron chi connectivity index (χ1n) is 5.62. The minimum Gasteiger partial charge on any atom is -0.394 e. The molecule has 7 heteroatoms. The van der Waals surface area contributed by atoms with Crippen molar-refractivity contribution in [1.82, 2.24) is 14.6 Å². The quantitative estimate of drug-likeness (QED) is 0.739. The number of nitrogens with zero attached hydrogens (tertiary/aromatic N) is 2. The van der Waals surface area contributed by atoms with Gasteiger partial charge in [0.05, 0.1) is 18.2 Å². The number of aliphatic hydroxyl groups is 1. The van der Waals surface area contributed by atoms with Crippen LogP contribution in [0.15, 0.2) is 11.7 Å². The largest absolute Gasteiger partial charge is 0.394 e. The Kier molecular flexibility index (Phi) is 5.43. The molecule has 5 nitrogen and oxygen atoms in total. The smallest absolute Gasteiger partial charge is 0.327 e. The molecule has 0 spiro atoms. The molecule has 0 fully saturated rings. The van der Waals surface area contributed by atoms with Gasteiger partial charge in [0.2, 0.25) is 0 Å². The number of aliphatic hydroxyl groups excluding tert-OH is 1. The van der Waals surface area contributed by atoms with Gasteiger partial charge in [-0.1, -0.05) is 12.8 Å². The number of hydrogen-bond acceptors (Lipinski definition) is 5. The molecule has 0 aliphatic carbocycles. The molecule has 0 saturated heterocycles. The number of thiol groups is 1. The summed E-state index contributed by atoms with van der Waals surface area (Å²) in [5.74, 6) is 0. The number of aromatic nitrogens is 1. The fourth-order valence-corrected chi connectivity index (χ4v) is 2.22. The minimum absolute atomic E-state index is 0.140. The van der Waals surface area contributed by atoms with E-state index >= 15 is 0 Å². The summed E-state index contributed by atoms with van der Waals surface area (Å²) in [7, 11) is 0. The number of amides is 2. The zero-order chi connectivity index (χ0) is 13.8. The number of carbonyl (C=O) groups is 1.